The van der Waals surface area contributed by atoms with Crippen LogP contribution < -0.4 is 4.74 Å². The minimum absolute atomic E-state index is 0.950. The maximum atomic E-state index is 6.19. The summed E-state index contributed by atoms with van der Waals surface area (Å²) in [6, 6.07) is 16.8. The molecule has 2 aromatic rings. The Morgan fingerprint density at radius 2 is 0.903 bits per heavy atom. The number of fused-ring (bicyclic) bond motifs is 2. The van der Waals surface area contributed by atoms with Crippen LogP contribution in [0.25, 0.3) is 5.57 Å². The first-order valence-corrected chi connectivity index (χ1v) is 16.4. The Kier molecular flexibility index (Phi) is 5.48. The van der Waals surface area contributed by atoms with Crippen LogP contribution in [0.15, 0.2) is 78.2 Å². The molecule has 0 radical (unpaired) electrons. The quantitative estimate of drug-likeness (QED) is 0.269. The molecule has 9 heteroatoms. The van der Waals surface area contributed by atoms with Gasteiger partial charge in [-0.25, -0.2) is 0 Å². The minimum Gasteiger partial charge on any atom is -0.456 e. The van der Waals surface area contributed by atoms with E-state index in [0.717, 1.165) is 11.5 Å². The molecule has 0 bridgehead atoms. The molecule has 7 rings (SSSR count). The van der Waals surface area contributed by atoms with Crippen molar-refractivity contribution in [1.82, 2.24) is 0 Å². The monoisotopic (exact) mass is 548 g/mol. The number of ether oxygens (including phenoxy) is 1. The average molecular weight is 549 g/mol. The molecule has 0 saturated heterocycles. The summed E-state index contributed by atoms with van der Waals surface area (Å²) in [5, 5.41) is 0. The molecule has 31 heavy (non-hydrogen) atoms. The van der Waals surface area contributed by atoms with Crippen molar-refractivity contribution in [3.63, 3.8) is 0 Å². The lowest BCUT2D eigenvalue weighted by Gasteiger charge is -2.24. The van der Waals surface area contributed by atoms with Crippen LogP contribution in [0.1, 0.15) is 11.1 Å². The zero-order chi connectivity index (χ0) is 20.4. The van der Waals surface area contributed by atoms with Crippen LogP contribution in [-0.2, 0) is 0 Å². The predicted molar refractivity (Wildman–Crippen MR) is 151 cm³/mol. The molecule has 5 aliphatic heterocycles. The Bertz CT molecular complexity index is 1180. The van der Waals surface area contributed by atoms with Crippen LogP contribution in [0.2, 0.25) is 0 Å². The van der Waals surface area contributed by atoms with E-state index in [1.54, 1.807) is 0 Å². The Balaban J connectivity index is 1.21. The van der Waals surface area contributed by atoms with Crippen molar-refractivity contribution in [3.05, 3.63) is 89.3 Å². The maximum absolute atomic E-state index is 6.19. The van der Waals surface area contributed by atoms with Gasteiger partial charge < -0.3 is 4.74 Å². The Morgan fingerprint density at radius 3 is 1.42 bits per heavy atom. The van der Waals surface area contributed by atoms with Crippen molar-refractivity contribution in [2.24, 2.45) is 0 Å². The van der Waals surface area contributed by atoms with E-state index in [1.807, 2.05) is 106 Å². The van der Waals surface area contributed by atoms with Gasteiger partial charge in [-0.1, -0.05) is 107 Å². The molecular weight excluding hydrogens is 537 g/mol. The second-order valence-electron chi connectivity index (χ2n) is 6.79. The molecule has 5 heterocycles. The van der Waals surface area contributed by atoms with Crippen molar-refractivity contribution < 1.29 is 4.74 Å². The third-order valence-corrected chi connectivity index (χ3v) is 16.8. The molecule has 0 atom stereocenters. The highest BCUT2D eigenvalue weighted by molar-refractivity contribution is 8.49. The first-order chi connectivity index (χ1) is 15.3. The third-order valence-electron chi connectivity index (χ3n) is 4.90. The van der Waals surface area contributed by atoms with E-state index in [1.165, 1.54) is 57.9 Å². The van der Waals surface area contributed by atoms with Crippen molar-refractivity contribution in [1.29, 1.82) is 0 Å². The number of para-hydroxylation sites is 2. The lowest BCUT2D eigenvalue weighted by atomic mass is 9.95. The highest BCUT2D eigenvalue weighted by Crippen LogP contribution is 2.72. The summed E-state index contributed by atoms with van der Waals surface area (Å²) in [5.74, 6) is 4.38. The van der Waals surface area contributed by atoms with Crippen molar-refractivity contribution in [2.45, 2.75) is 0 Å². The lowest BCUT2D eigenvalue weighted by Crippen LogP contribution is -2.02. The standard InChI is InChI=1S/C22H12OS8/c1-3-7-13-11(5-1)15(12-6-2-4-8-14(12)23-13)16-26-19-20(27-16)31-22(30-19)21-28-17-18(29-21)25-10-9-24-17/h1-8H,9-10H2. The summed E-state index contributed by atoms with van der Waals surface area (Å²) >= 11 is 15.8. The zero-order valence-corrected chi connectivity index (χ0v) is 22.2. The molecule has 0 fully saturated rings. The van der Waals surface area contributed by atoms with Crippen LogP contribution in [0.5, 0.6) is 11.5 Å². The van der Waals surface area contributed by atoms with Crippen molar-refractivity contribution in [2.75, 3.05) is 11.5 Å². The molecule has 154 valence electrons. The van der Waals surface area contributed by atoms with Gasteiger partial charge >= 0.3 is 0 Å². The zero-order valence-electron chi connectivity index (χ0n) is 15.7. The molecule has 0 unspecified atom stereocenters. The van der Waals surface area contributed by atoms with Gasteiger partial charge in [-0.05, 0) is 12.1 Å². The Labute approximate surface area is 214 Å². The van der Waals surface area contributed by atoms with Gasteiger partial charge in [0.1, 0.15) is 11.5 Å². The summed E-state index contributed by atoms with van der Waals surface area (Å²) in [6.45, 7) is 0. The first kappa shape index (κ1) is 20.4. The topological polar surface area (TPSA) is 9.23 Å². The fraction of sp³-hybridized carbons (Fsp3) is 0.0909. The van der Waals surface area contributed by atoms with Gasteiger partial charge in [-0.2, -0.15) is 0 Å². The van der Waals surface area contributed by atoms with Crippen molar-refractivity contribution in [3.8, 4) is 11.5 Å². The fourth-order valence-corrected chi connectivity index (χ4v) is 16.3. The number of hydrogen-bond donors (Lipinski definition) is 0. The van der Waals surface area contributed by atoms with Crippen LogP contribution in [0.3, 0.4) is 0 Å². The van der Waals surface area contributed by atoms with Gasteiger partial charge in [0.05, 0.1) is 29.7 Å². The number of thioether (sulfide) groups is 8. The number of hydrogen-bond acceptors (Lipinski definition) is 9. The highest BCUT2D eigenvalue weighted by Gasteiger charge is 2.37. The fourth-order valence-electron chi connectivity index (χ4n) is 3.58. The Morgan fingerprint density at radius 1 is 0.484 bits per heavy atom. The predicted octanol–water partition coefficient (Wildman–Crippen LogP) is 9.81. The summed E-state index contributed by atoms with van der Waals surface area (Å²) in [7, 11) is 0. The second kappa shape index (κ2) is 8.34. The van der Waals surface area contributed by atoms with Gasteiger partial charge in [-0.15, -0.1) is 23.5 Å². The van der Waals surface area contributed by atoms with E-state index in [-0.39, 0.29) is 0 Å². The minimum atomic E-state index is 0.950. The van der Waals surface area contributed by atoms with Gasteiger partial charge in [0.2, 0.25) is 0 Å². The second-order valence-corrected chi connectivity index (χ2v) is 16.9. The molecule has 2 aromatic carbocycles. The van der Waals surface area contributed by atoms with E-state index in [9.17, 15) is 0 Å². The smallest absolute Gasteiger partial charge is 0.135 e. The largest absolute Gasteiger partial charge is 0.456 e. The highest BCUT2D eigenvalue weighted by atomic mass is 32.3. The molecule has 0 amide bonds. The summed E-state index contributed by atoms with van der Waals surface area (Å²) in [6.07, 6.45) is 0. The molecule has 0 spiro atoms. The van der Waals surface area contributed by atoms with E-state index in [0.29, 0.717) is 0 Å². The first-order valence-electron chi connectivity index (χ1n) is 9.50. The number of rotatable bonds is 0. The van der Waals surface area contributed by atoms with E-state index in [4.69, 9.17) is 4.74 Å². The van der Waals surface area contributed by atoms with E-state index < -0.39 is 0 Å². The molecule has 0 saturated carbocycles. The summed E-state index contributed by atoms with van der Waals surface area (Å²) < 4.78 is 16.4. The van der Waals surface area contributed by atoms with Crippen LogP contribution in [-0.4, -0.2) is 11.5 Å². The molecule has 1 nitrogen and oxygen atoms in total. The van der Waals surface area contributed by atoms with Gasteiger partial charge in [-0.3, -0.25) is 0 Å². The van der Waals surface area contributed by atoms with Gasteiger partial charge in [0, 0.05) is 28.2 Å². The van der Waals surface area contributed by atoms with Crippen LogP contribution in [0, 0.1) is 0 Å². The lowest BCUT2D eigenvalue weighted by molar-refractivity contribution is 0.474. The van der Waals surface area contributed by atoms with Crippen LogP contribution in [0.4, 0.5) is 0 Å². The van der Waals surface area contributed by atoms with E-state index >= 15 is 0 Å². The molecule has 5 aliphatic rings. The summed E-state index contributed by atoms with van der Waals surface area (Å²) in [4.78, 5) is 0. The Hall–Kier alpha value is 0.00000000000000189. The van der Waals surface area contributed by atoms with Crippen LogP contribution >= 0.6 is 94.1 Å². The van der Waals surface area contributed by atoms with Crippen molar-refractivity contribution >= 4 is 99.7 Å². The molecule has 0 N–H and O–H groups in total. The SMILES string of the molecule is c1ccc2c(c1)Oc1ccccc1C2=C1SC2=C(SC(=C3SC4=C(SCCS4)S3)S2)S1. The summed E-state index contributed by atoms with van der Waals surface area (Å²) in [5.41, 5.74) is 3.70. The maximum Gasteiger partial charge on any atom is 0.135 e. The normalized spacial score (nSPS) is 21.9. The van der Waals surface area contributed by atoms with E-state index in [2.05, 4.69) is 36.4 Å². The number of benzene rings is 2. The third kappa shape index (κ3) is 3.58. The molecule has 0 aliphatic carbocycles. The molecular formula is C22H12OS8. The van der Waals surface area contributed by atoms with Gasteiger partial charge in [0.15, 0.2) is 0 Å². The average Bonchev–Trinajstić information content (AvgIpc) is 3.50. The van der Waals surface area contributed by atoms with Gasteiger partial charge in [0.25, 0.3) is 0 Å². The molecule has 0 aromatic heterocycles.